The lowest BCUT2D eigenvalue weighted by atomic mass is 9.96. The lowest BCUT2D eigenvalue weighted by Crippen LogP contribution is -2.36. The number of benzene rings is 2. The zero-order chi connectivity index (χ0) is 19.6. The number of carbonyl (C=O) groups is 2. The molecular formula is C23H29N3O2. The van der Waals surface area contributed by atoms with Crippen LogP contribution >= 0.6 is 0 Å². The predicted octanol–water partition coefficient (Wildman–Crippen LogP) is 3.05. The second-order valence-corrected chi connectivity index (χ2v) is 7.36. The molecule has 0 spiro atoms. The Balaban J connectivity index is 1.56. The van der Waals surface area contributed by atoms with Crippen molar-refractivity contribution in [2.24, 2.45) is 5.92 Å². The van der Waals surface area contributed by atoms with Crippen LogP contribution in [-0.2, 0) is 4.79 Å². The highest BCUT2D eigenvalue weighted by atomic mass is 16.2. The maximum atomic E-state index is 12.6. The molecule has 2 aromatic rings. The molecule has 1 aliphatic rings. The Kier molecular flexibility index (Phi) is 7.62. The molecule has 148 valence electrons. The molecule has 2 unspecified atom stereocenters. The summed E-state index contributed by atoms with van der Waals surface area (Å²) in [4.78, 5) is 25.1. The van der Waals surface area contributed by atoms with E-state index in [1.54, 1.807) is 12.1 Å². The maximum Gasteiger partial charge on any atom is 0.251 e. The highest BCUT2D eigenvalue weighted by Crippen LogP contribution is 2.18. The minimum atomic E-state index is -0.356. The summed E-state index contributed by atoms with van der Waals surface area (Å²) in [5.74, 6) is 0.429. The molecule has 1 fully saturated rings. The van der Waals surface area contributed by atoms with Gasteiger partial charge in [0.05, 0.1) is 12.5 Å². The van der Waals surface area contributed by atoms with Gasteiger partial charge in [0, 0.05) is 12.1 Å². The van der Waals surface area contributed by atoms with Gasteiger partial charge in [-0.15, -0.1) is 0 Å². The van der Waals surface area contributed by atoms with Gasteiger partial charge < -0.3 is 16.0 Å². The number of piperidine rings is 1. The van der Waals surface area contributed by atoms with E-state index in [1.807, 2.05) is 48.5 Å². The predicted molar refractivity (Wildman–Crippen MR) is 111 cm³/mol. The zero-order valence-corrected chi connectivity index (χ0v) is 16.2. The van der Waals surface area contributed by atoms with E-state index >= 15 is 0 Å². The molecule has 1 heterocycles. The summed E-state index contributed by atoms with van der Waals surface area (Å²) in [5.41, 5.74) is 1.52. The molecule has 5 nitrogen and oxygen atoms in total. The van der Waals surface area contributed by atoms with E-state index < -0.39 is 0 Å². The molecule has 1 aliphatic heterocycles. The van der Waals surface area contributed by atoms with Gasteiger partial charge in [-0.25, -0.2) is 0 Å². The second-order valence-electron chi connectivity index (χ2n) is 7.36. The van der Waals surface area contributed by atoms with Crippen molar-refractivity contribution < 1.29 is 9.59 Å². The normalized spacial score (nSPS) is 17.5. The Labute approximate surface area is 166 Å². The first-order chi connectivity index (χ1) is 13.7. The van der Waals surface area contributed by atoms with Crippen LogP contribution in [0.3, 0.4) is 0 Å². The van der Waals surface area contributed by atoms with Gasteiger partial charge in [-0.05, 0) is 56.0 Å². The van der Waals surface area contributed by atoms with Crippen LogP contribution in [-0.4, -0.2) is 31.4 Å². The molecule has 28 heavy (non-hydrogen) atoms. The third-order valence-corrected chi connectivity index (χ3v) is 5.21. The first-order valence-corrected chi connectivity index (χ1v) is 10.1. The Hall–Kier alpha value is -2.66. The van der Waals surface area contributed by atoms with E-state index in [0.29, 0.717) is 18.0 Å². The summed E-state index contributed by atoms with van der Waals surface area (Å²) in [7, 11) is 0. The van der Waals surface area contributed by atoms with E-state index in [-0.39, 0.29) is 24.3 Å². The van der Waals surface area contributed by atoms with Crippen molar-refractivity contribution in [2.45, 2.75) is 31.7 Å². The molecule has 0 bridgehead atoms. The van der Waals surface area contributed by atoms with Crippen LogP contribution in [0.2, 0.25) is 0 Å². The first-order valence-electron chi connectivity index (χ1n) is 10.1. The Bertz CT molecular complexity index is 743. The number of hydrogen-bond donors (Lipinski definition) is 3. The van der Waals surface area contributed by atoms with Gasteiger partial charge in [0.25, 0.3) is 5.91 Å². The second kappa shape index (κ2) is 10.6. The molecule has 5 heteroatoms. The van der Waals surface area contributed by atoms with E-state index in [4.69, 9.17) is 0 Å². The van der Waals surface area contributed by atoms with Gasteiger partial charge in [0.2, 0.25) is 5.91 Å². The quantitative estimate of drug-likeness (QED) is 0.660. The van der Waals surface area contributed by atoms with Crippen LogP contribution in [0, 0.1) is 5.92 Å². The summed E-state index contributed by atoms with van der Waals surface area (Å²) in [6, 6.07) is 18.4. The van der Waals surface area contributed by atoms with Crippen molar-refractivity contribution >= 4 is 11.8 Å². The first kappa shape index (κ1) is 20.1. The maximum absolute atomic E-state index is 12.6. The molecule has 0 aliphatic carbocycles. The molecule has 0 aromatic heterocycles. The fourth-order valence-corrected chi connectivity index (χ4v) is 3.61. The third-order valence-electron chi connectivity index (χ3n) is 5.21. The van der Waals surface area contributed by atoms with E-state index in [0.717, 1.165) is 25.1 Å². The summed E-state index contributed by atoms with van der Waals surface area (Å²) in [6.45, 7) is 2.82. The van der Waals surface area contributed by atoms with Gasteiger partial charge in [-0.1, -0.05) is 48.5 Å². The number of nitrogens with one attached hydrogen (secondary N) is 3. The lowest BCUT2D eigenvalue weighted by molar-refractivity contribution is -0.121. The topological polar surface area (TPSA) is 70.2 Å². The molecule has 0 radical (unpaired) electrons. The molecular weight excluding hydrogens is 350 g/mol. The van der Waals surface area contributed by atoms with Crippen LogP contribution in [0.25, 0.3) is 0 Å². The van der Waals surface area contributed by atoms with E-state index in [2.05, 4.69) is 16.0 Å². The SMILES string of the molecule is O=C(CC(NC(=O)c1ccccc1)c1ccccc1)NCCC1CCCNC1. The molecule has 1 saturated heterocycles. The third kappa shape index (κ3) is 6.20. The molecule has 0 saturated carbocycles. The molecule has 2 amide bonds. The smallest absolute Gasteiger partial charge is 0.251 e. The van der Waals surface area contributed by atoms with Gasteiger partial charge in [0.1, 0.15) is 0 Å². The van der Waals surface area contributed by atoms with Gasteiger partial charge in [-0.2, -0.15) is 0 Å². The molecule has 2 atom stereocenters. The fraction of sp³-hybridized carbons (Fsp3) is 0.391. The van der Waals surface area contributed by atoms with Gasteiger partial charge in [-0.3, -0.25) is 9.59 Å². The summed E-state index contributed by atoms with van der Waals surface area (Å²) >= 11 is 0. The van der Waals surface area contributed by atoms with Crippen LogP contribution in [0.5, 0.6) is 0 Å². The lowest BCUT2D eigenvalue weighted by Gasteiger charge is -2.23. The van der Waals surface area contributed by atoms with E-state index in [9.17, 15) is 9.59 Å². The molecule has 3 rings (SSSR count). The van der Waals surface area contributed by atoms with Crippen molar-refractivity contribution in [3.63, 3.8) is 0 Å². The number of amides is 2. The van der Waals surface area contributed by atoms with Crippen LogP contribution in [0.4, 0.5) is 0 Å². The Morgan fingerprint density at radius 2 is 1.75 bits per heavy atom. The van der Waals surface area contributed by atoms with Crippen molar-refractivity contribution in [2.75, 3.05) is 19.6 Å². The fourth-order valence-electron chi connectivity index (χ4n) is 3.61. The van der Waals surface area contributed by atoms with Crippen LogP contribution < -0.4 is 16.0 Å². The summed E-state index contributed by atoms with van der Waals surface area (Å²) < 4.78 is 0. The average Bonchev–Trinajstić information content (AvgIpc) is 2.75. The standard InChI is InChI=1S/C23H29N3O2/c27-22(25-15-13-18-8-7-14-24-17-18)16-21(19-9-3-1-4-10-19)26-23(28)20-11-5-2-6-12-20/h1-6,9-12,18,21,24H,7-8,13-17H2,(H,25,27)(H,26,28). The Morgan fingerprint density at radius 1 is 1.04 bits per heavy atom. The highest BCUT2D eigenvalue weighted by molar-refractivity contribution is 5.94. The van der Waals surface area contributed by atoms with Gasteiger partial charge >= 0.3 is 0 Å². The minimum Gasteiger partial charge on any atom is -0.356 e. The minimum absolute atomic E-state index is 0.0361. The highest BCUT2D eigenvalue weighted by Gasteiger charge is 2.19. The summed E-state index contributed by atoms with van der Waals surface area (Å²) in [5, 5.41) is 9.44. The monoisotopic (exact) mass is 379 g/mol. The number of rotatable bonds is 8. The number of carbonyl (C=O) groups excluding carboxylic acids is 2. The van der Waals surface area contributed by atoms with Crippen LogP contribution in [0.15, 0.2) is 60.7 Å². The molecule has 3 N–H and O–H groups in total. The van der Waals surface area contributed by atoms with Crippen molar-refractivity contribution in [3.05, 3.63) is 71.8 Å². The average molecular weight is 380 g/mol. The number of hydrogen-bond acceptors (Lipinski definition) is 3. The van der Waals surface area contributed by atoms with Crippen molar-refractivity contribution in [1.29, 1.82) is 0 Å². The largest absolute Gasteiger partial charge is 0.356 e. The zero-order valence-electron chi connectivity index (χ0n) is 16.2. The summed E-state index contributed by atoms with van der Waals surface area (Å²) in [6.07, 6.45) is 3.65. The molecule has 2 aromatic carbocycles. The van der Waals surface area contributed by atoms with Crippen LogP contribution in [0.1, 0.15) is 47.6 Å². The van der Waals surface area contributed by atoms with Gasteiger partial charge in [0.15, 0.2) is 0 Å². The van der Waals surface area contributed by atoms with Crippen molar-refractivity contribution in [3.8, 4) is 0 Å². The van der Waals surface area contributed by atoms with Crippen molar-refractivity contribution in [1.82, 2.24) is 16.0 Å². The van der Waals surface area contributed by atoms with E-state index in [1.165, 1.54) is 12.8 Å². The Morgan fingerprint density at radius 3 is 2.43 bits per heavy atom.